The lowest BCUT2D eigenvalue weighted by molar-refractivity contribution is 0.0521. The number of esters is 1. The molecule has 0 aliphatic heterocycles. The van der Waals surface area contributed by atoms with Crippen molar-refractivity contribution in [2.45, 2.75) is 25.6 Å². The Balaban J connectivity index is 1.94. The van der Waals surface area contributed by atoms with Crippen molar-refractivity contribution in [1.82, 2.24) is 4.98 Å². The van der Waals surface area contributed by atoms with E-state index >= 15 is 0 Å². The standard InChI is InChI=1S/C15H14FIN2O2S/c1-2-21-15(20)12-14(18-11-7-10(11)16)22-13(19-12)8-4-3-5-9(17)6-8/h3-6,10-11,18H,2,7H2,1H3. The summed E-state index contributed by atoms with van der Waals surface area (Å²) >= 11 is 3.58. The fourth-order valence-corrected chi connectivity index (χ4v) is 3.54. The van der Waals surface area contributed by atoms with Crippen LogP contribution in [0.4, 0.5) is 9.39 Å². The van der Waals surface area contributed by atoms with E-state index in [2.05, 4.69) is 32.9 Å². The third kappa shape index (κ3) is 3.40. The van der Waals surface area contributed by atoms with E-state index in [0.29, 0.717) is 11.4 Å². The molecule has 22 heavy (non-hydrogen) atoms. The molecule has 2 unspecified atom stereocenters. The first-order valence-corrected chi connectivity index (χ1v) is 8.82. The van der Waals surface area contributed by atoms with Crippen molar-refractivity contribution in [3.63, 3.8) is 0 Å². The molecule has 2 aromatic rings. The molecule has 116 valence electrons. The van der Waals surface area contributed by atoms with Crippen LogP contribution in [-0.4, -0.2) is 29.8 Å². The zero-order chi connectivity index (χ0) is 15.7. The molecular formula is C15H14FIN2O2S. The zero-order valence-electron chi connectivity index (χ0n) is 11.8. The predicted octanol–water partition coefficient (Wildman–Crippen LogP) is 4.11. The van der Waals surface area contributed by atoms with Crippen LogP contribution >= 0.6 is 33.9 Å². The highest BCUT2D eigenvalue weighted by molar-refractivity contribution is 14.1. The summed E-state index contributed by atoms with van der Waals surface area (Å²) in [7, 11) is 0. The average Bonchev–Trinajstić information content (AvgIpc) is 3.00. The largest absolute Gasteiger partial charge is 0.461 e. The minimum absolute atomic E-state index is 0.225. The molecule has 1 aliphatic rings. The number of nitrogens with one attached hydrogen (secondary N) is 1. The number of anilines is 1. The van der Waals surface area contributed by atoms with Crippen LogP contribution in [0.3, 0.4) is 0 Å². The quantitative estimate of drug-likeness (QED) is 0.571. The van der Waals surface area contributed by atoms with Gasteiger partial charge in [0.2, 0.25) is 0 Å². The van der Waals surface area contributed by atoms with Crippen LogP contribution in [0.2, 0.25) is 0 Å². The molecule has 0 radical (unpaired) electrons. The number of alkyl halides is 1. The normalized spacial score (nSPS) is 19.8. The van der Waals surface area contributed by atoms with E-state index in [9.17, 15) is 9.18 Å². The van der Waals surface area contributed by atoms with Crippen LogP contribution in [0.1, 0.15) is 23.8 Å². The van der Waals surface area contributed by atoms with E-state index in [1.807, 2.05) is 24.3 Å². The van der Waals surface area contributed by atoms with Gasteiger partial charge in [0.1, 0.15) is 16.2 Å². The molecule has 0 spiro atoms. The van der Waals surface area contributed by atoms with Crippen molar-refractivity contribution in [3.8, 4) is 10.6 Å². The van der Waals surface area contributed by atoms with Gasteiger partial charge >= 0.3 is 5.97 Å². The highest BCUT2D eigenvalue weighted by Crippen LogP contribution is 2.37. The smallest absolute Gasteiger partial charge is 0.360 e. The number of ether oxygens (including phenoxy) is 1. The second-order valence-electron chi connectivity index (χ2n) is 4.93. The van der Waals surface area contributed by atoms with Crippen molar-refractivity contribution in [1.29, 1.82) is 0 Å². The summed E-state index contributed by atoms with van der Waals surface area (Å²) in [5, 5.41) is 4.36. The van der Waals surface area contributed by atoms with Crippen LogP contribution in [0, 0.1) is 3.57 Å². The number of halogens is 2. The summed E-state index contributed by atoms with van der Waals surface area (Å²) in [6.45, 7) is 2.03. The van der Waals surface area contributed by atoms with E-state index in [1.54, 1.807) is 6.92 Å². The Hall–Kier alpha value is -1.22. The number of carbonyl (C=O) groups is 1. The number of hydrogen-bond acceptors (Lipinski definition) is 5. The molecule has 1 aliphatic carbocycles. The van der Waals surface area contributed by atoms with Crippen LogP contribution in [-0.2, 0) is 4.74 Å². The van der Waals surface area contributed by atoms with Crippen molar-refractivity contribution < 1.29 is 13.9 Å². The van der Waals surface area contributed by atoms with Crippen molar-refractivity contribution in [2.75, 3.05) is 11.9 Å². The molecule has 1 saturated carbocycles. The Morgan fingerprint density at radius 1 is 1.59 bits per heavy atom. The fourth-order valence-electron chi connectivity index (χ4n) is 1.98. The summed E-state index contributed by atoms with van der Waals surface area (Å²) in [5.41, 5.74) is 1.17. The number of aromatic nitrogens is 1. The Morgan fingerprint density at radius 2 is 2.36 bits per heavy atom. The van der Waals surface area contributed by atoms with Gasteiger partial charge in [-0.1, -0.05) is 23.5 Å². The number of nitrogens with zero attached hydrogens (tertiary/aromatic N) is 1. The second kappa shape index (κ2) is 6.49. The molecule has 2 atom stereocenters. The monoisotopic (exact) mass is 432 g/mol. The Bertz CT molecular complexity index is 707. The van der Waals surface area contributed by atoms with Gasteiger partial charge in [-0.05, 0) is 41.6 Å². The molecule has 1 aromatic heterocycles. The molecule has 0 bridgehead atoms. The van der Waals surface area contributed by atoms with E-state index < -0.39 is 12.1 Å². The van der Waals surface area contributed by atoms with Gasteiger partial charge in [0.15, 0.2) is 5.69 Å². The van der Waals surface area contributed by atoms with E-state index in [1.165, 1.54) is 11.3 Å². The second-order valence-corrected chi connectivity index (χ2v) is 7.17. The number of thiazole rings is 1. The Kier molecular flexibility index (Phi) is 4.62. The molecule has 4 nitrogen and oxygen atoms in total. The van der Waals surface area contributed by atoms with Crippen molar-refractivity contribution >= 4 is 44.9 Å². The third-order valence-electron chi connectivity index (χ3n) is 3.20. The van der Waals surface area contributed by atoms with Gasteiger partial charge in [-0.15, -0.1) is 0 Å². The minimum atomic E-state index is -0.849. The lowest BCUT2D eigenvalue weighted by Gasteiger charge is -2.03. The minimum Gasteiger partial charge on any atom is -0.461 e. The fraction of sp³-hybridized carbons (Fsp3) is 0.333. The number of hydrogen-bond donors (Lipinski definition) is 1. The molecule has 0 amide bonds. The summed E-state index contributed by atoms with van der Waals surface area (Å²) in [6.07, 6.45) is -0.378. The maximum atomic E-state index is 13.1. The van der Waals surface area contributed by atoms with Gasteiger partial charge < -0.3 is 10.1 Å². The maximum absolute atomic E-state index is 13.1. The third-order valence-corrected chi connectivity index (χ3v) is 4.90. The molecule has 1 aromatic carbocycles. The lowest BCUT2D eigenvalue weighted by Crippen LogP contribution is -2.11. The van der Waals surface area contributed by atoms with Gasteiger partial charge in [-0.2, -0.15) is 0 Å². The summed E-state index contributed by atoms with van der Waals surface area (Å²) in [5.74, 6) is -0.478. The summed E-state index contributed by atoms with van der Waals surface area (Å²) in [6, 6.07) is 7.63. The molecule has 1 fully saturated rings. The Labute approximate surface area is 145 Å². The van der Waals surface area contributed by atoms with E-state index in [0.717, 1.165) is 14.1 Å². The Morgan fingerprint density at radius 3 is 3.00 bits per heavy atom. The number of benzene rings is 1. The van der Waals surface area contributed by atoms with Crippen LogP contribution in [0.25, 0.3) is 10.6 Å². The van der Waals surface area contributed by atoms with Gasteiger partial charge in [0.25, 0.3) is 0 Å². The number of rotatable bonds is 5. The first-order valence-electron chi connectivity index (χ1n) is 6.93. The summed E-state index contributed by atoms with van der Waals surface area (Å²) < 4.78 is 19.3. The van der Waals surface area contributed by atoms with Crippen LogP contribution in [0.5, 0.6) is 0 Å². The van der Waals surface area contributed by atoms with Gasteiger partial charge in [-0.3, -0.25) is 0 Å². The predicted molar refractivity (Wildman–Crippen MR) is 93.1 cm³/mol. The van der Waals surface area contributed by atoms with E-state index in [4.69, 9.17) is 4.74 Å². The zero-order valence-corrected chi connectivity index (χ0v) is 14.8. The first kappa shape index (κ1) is 15.7. The average molecular weight is 432 g/mol. The maximum Gasteiger partial charge on any atom is 0.360 e. The molecule has 1 N–H and O–H groups in total. The first-order chi connectivity index (χ1) is 10.6. The lowest BCUT2D eigenvalue weighted by atomic mass is 10.2. The molecular weight excluding hydrogens is 418 g/mol. The van der Waals surface area contributed by atoms with Crippen LogP contribution in [0.15, 0.2) is 24.3 Å². The van der Waals surface area contributed by atoms with Crippen molar-refractivity contribution in [3.05, 3.63) is 33.5 Å². The molecule has 3 rings (SSSR count). The number of carbonyl (C=O) groups excluding carboxylic acids is 1. The highest BCUT2D eigenvalue weighted by Gasteiger charge is 2.39. The van der Waals surface area contributed by atoms with Gasteiger partial charge in [-0.25, -0.2) is 14.2 Å². The summed E-state index contributed by atoms with van der Waals surface area (Å²) in [4.78, 5) is 16.4. The van der Waals surface area contributed by atoms with Gasteiger partial charge in [0.05, 0.1) is 12.6 Å². The van der Waals surface area contributed by atoms with E-state index in [-0.39, 0.29) is 18.3 Å². The van der Waals surface area contributed by atoms with Crippen LogP contribution < -0.4 is 5.32 Å². The molecule has 7 heteroatoms. The SMILES string of the molecule is CCOC(=O)c1nc(-c2cccc(I)c2)sc1NC1CC1F. The highest BCUT2D eigenvalue weighted by atomic mass is 127. The van der Waals surface area contributed by atoms with Gasteiger partial charge in [0, 0.05) is 15.6 Å². The molecule has 1 heterocycles. The molecule has 0 saturated heterocycles. The topological polar surface area (TPSA) is 51.2 Å². The van der Waals surface area contributed by atoms with Crippen molar-refractivity contribution in [2.24, 2.45) is 0 Å².